The summed E-state index contributed by atoms with van der Waals surface area (Å²) in [5.74, 6) is 1.50. The van der Waals surface area contributed by atoms with Gasteiger partial charge in [-0.1, -0.05) is 23.4 Å². The zero-order valence-corrected chi connectivity index (χ0v) is 17.6. The fourth-order valence-corrected chi connectivity index (χ4v) is 4.74. The van der Waals surface area contributed by atoms with Gasteiger partial charge in [0.25, 0.3) is 0 Å². The lowest BCUT2D eigenvalue weighted by molar-refractivity contribution is 0.260. The van der Waals surface area contributed by atoms with Gasteiger partial charge in [0.2, 0.25) is 10.0 Å². The van der Waals surface area contributed by atoms with E-state index in [-0.39, 0.29) is 5.75 Å². The highest BCUT2D eigenvalue weighted by molar-refractivity contribution is 7.88. The van der Waals surface area contributed by atoms with Crippen LogP contribution in [0.15, 0.2) is 46.1 Å². The van der Waals surface area contributed by atoms with Crippen molar-refractivity contribution in [3.8, 4) is 5.75 Å². The first-order valence-electron chi connectivity index (χ1n) is 9.48. The molecule has 0 atom stereocenters. The molecule has 158 valence electrons. The Morgan fingerprint density at radius 2 is 2.00 bits per heavy atom. The molecule has 2 aromatic rings. The number of nitrogens with zero attached hydrogens (tertiary/aromatic N) is 4. The molecule has 1 fully saturated rings. The quantitative estimate of drug-likeness (QED) is 0.525. The van der Waals surface area contributed by atoms with Gasteiger partial charge in [-0.25, -0.2) is 8.42 Å². The van der Waals surface area contributed by atoms with Crippen molar-refractivity contribution in [2.45, 2.75) is 12.2 Å². The summed E-state index contributed by atoms with van der Waals surface area (Å²) in [7, 11) is -0.00958. The van der Waals surface area contributed by atoms with E-state index >= 15 is 0 Å². The van der Waals surface area contributed by atoms with Crippen molar-refractivity contribution in [1.29, 1.82) is 0 Å². The summed E-state index contributed by atoms with van der Waals surface area (Å²) in [6.45, 7) is 2.68. The fraction of sp³-hybridized carbons (Fsp3) is 0.474. The molecule has 9 nitrogen and oxygen atoms in total. The number of ether oxygens (including phenoxy) is 1. The molecule has 3 rings (SSSR count). The number of guanidine groups is 1. The topological polar surface area (TPSA) is 100 Å². The third-order valence-corrected chi connectivity index (χ3v) is 6.65. The number of benzene rings is 1. The van der Waals surface area contributed by atoms with Crippen molar-refractivity contribution < 1.29 is 17.7 Å². The molecule has 0 bridgehead atoms. The van der Waals surface area contributed by atoms with Gasteiger partial charge >= 0.3 is 0 Å². The van der Waals surface area contributed by atoms with E-state index in [4.69, 9.17) is 9.26 Å². The van der Waals surface area contributed by atoms with Crippen LogP contribution in [0.3, 0.4) is 0 Å². The molecule has 0 spiro atoms. The van der Waals surface area contributed by atoms with Gasteiger partial charge in [0, 0.05) is 45.8 Å². The van der Waals surface area contributed by atoms with Crippen molar-refractivity contribution in [3.63, 3.8) is 0 Å². The average molecular weight is 422 g/mol. The van der Waals surface area contributed by atoms with Crippen LogP contribution in [-0.4, -0.2) is 75.6 Å². The van der Waals surface area contributed by atoms with Gasteiger partial charge in [-0.3, -0.25) is 4.99 Å². The van der Waals surface area contributed by atoms with Gasteiger partial charge in [-0.15, -0.1) is 0 Å². The maximum Gasteiger partial charge on any atom is 0.220 e. The van der Waals surface area contributed by atoms with E-state index in [0.717, 1.165) is 23.7 Å². The molecule has 0 saturated carbocycles. The van der Waals surface area contributed by atoms with Crippen molar-refractivity contribution in [3.05, 3.63) is 47.9 Å². The highest BCUT2D eigenvalue weighted by Gasteiger charge is 2.28. The predicted octanol–water partition coefficient (Wildman–Crippen LogP) is 0.949. The summed E-state index contributed by atoms with van der Waals surface area (Å²) >= 11 is 0. The average Bonchev–Trinajstić information content (AvgIpc) is 3.24. The van der Waals surface area contributed by atoms with Crippen LogP contribution in [0.25, 0.3) is 0 Å². The lowest BCUT2D eigenvalue weighted by atomic mass is 10.1. The highest BCUT2D eigenvalue weighted by Crippen LogP contribution is 2.17. The Bertz CT molecular complexity index is 906. The number of sulfonamides is 1. The van der Waals surface area contributed by atoms with Crippen LogP contribution in [0.1, 0.15) is 11.3 Å². The molecule has 2 heterocycles. The molecule has 1 aromatic heterocycles. The molecule has 1 saturated heterocycles. The smallest absolute Gasteiger partial charge is 0.220 e. The van der Waals surface area contributed by atoms with Gasteiger partial charge in [-0.05, 0) is 18.1 Å². The van der Waals surface area contributed by atoms with Gasteiger partial charge in [0.05, 0.1) is 12.8 Å². The predicted molar refractivity (Wildman–Crippen MR) is 110 cm³/mol. The Labute approximate surface area is 171 Å². The zero-order chi connectivity index (χ0) is 20.7. The number of piperazine rings is 1. The number of aromatic nitrogens is 1. The fourth-order valence-electron chi connectivity index (χ4n) is 3.32. The summed E-state index contributed by atoms with van der Waals surface area (Å²) < 4.78 is 36.7. The zero-order valence-electron chi connectivity index (χ0n) is 16.7. The highest BCUT2D eigenvalue weighted by atomic mass is 32.2. The molecule has 29 heavy (non-hydrogen) atoms. The minimum atomic E-state index is -3.41. The van der Waals surface area contributed by atoms with E-state index in [1.807, 2.05) is 24.3 Å². The largest absolute Gasteiger partial charge is 0.496 e. The Balaban J connectivity index is 1.50. The standard InChI is InChI=1S/C19H27N5O4S/c1-20-19(21-9-7-16-5-3-4-6-18(16)27-2)23-10-12-24(13-11-23)29(25,26)15-17-8-14-28-22-17/h3-6,8,14H,7,9-13,15H2,1-2H3,(H,20,21). The van der Waals surface area contributed by atoms with Crippen LogP contribution in [0, 0.1) is 0 Å². The first-order chi connectivity index (χ1) is 14.0. The van der Waals surface area contributed by atoms with Crippen molar-refractivity contribution in [1.82, 2.24) is 19.7 Å². The number of rotatable bonds is 7. The van der Waals surface area contributed by atoms with E-state index in [0.29, 0.717) is 38.4 Å². The van der Waals surface area contributed by atoms with Crippen molar-refractivity contribution in [2.75, 3.05) is 46.9 Å². The Morgan fingerprint density at radius 3 is 2.66 bits per heavy atom. The number of nitrogens with one attached hydrogen (secondary N) is 1. The first-order valence-corrected chi connectivity index (χ1v) is 11.1. The van der Waals surface area contributed by atoms with E-state index in [2.05, 4.69) is 20.4 Å². The molecular weight excluding hydrogens is 394 g/mol. The van der Waals surface area contributed by atoms with Gasteiger partial charge in [0.1, 0.15) is 17.8 Å². The summed E-state index contributed by atoms with van der Waals surface area (Å²) in [6.07, 6.45) is 2.18. The molecule has 0 aliphatic carbocycles. The second kappa shape index (κ2) is 9.75. The van der Waals surface area contributed by atoms with Gasteiger partial charge in [-0.2, -0.15) is 4.31 Å². The molecule has 0 radical (unpaired) electrons. The maximum absolute atomic E-state index is 12.6. The van der Waals surface area contributed by atoms with E-state index in [9.17, 15) is 8.42 Å². The number of para-hydroxylation sites is 1. The minimum Gasteiger partial charge on any atom is -0.496 e. The molecule has 10 heteroatoms. The Morgan fingerprint density at radius 1 is 1.24 bits per heavy atom. The van der Waals surface area contributed by atoms with Gasteiger partial charge in [0.15, 0.2) is 5.96 Å². The Kier molecular flexibility index (Phi) is 7.10. The SMILES string of the molecule is CN=C(NCCc1ccccc1OC)N1CCN(S(=O)(=O)Cc2ccon2)CC1. The van der Waals surface area contributed by atoms with Crippen LogP contribution >= 0.6 is 0 Å². The minimum absolute atomic E-state index is 0.143. The molecule has 1 N–H and O–H groups in total. The number of aliphatic imine (C=N–C) groups is 1. The molecular formula is C19H27N5O4S. The lowest BCUT2D eigenvalue weighted by Gasteiger charge is -2.35. The first kappa shape index (κ1) is 21.1. The molecule has 1 aliphatic rings. The maximum atomic E-state index is 12.6. The number of methoxy groups -OCH3 is 1. The summed E-state index contributed by atoms with van der Waals surface area (Å²) in [6, 6.07) is 9.50. The van der Waals surface area contributed by atoms with Crippen LogP contribution < -0.4 is 10.1 Å². The van der Waals surface area contributed by atoms with E-state index < -0.39 is 10.0 Å². The van der Waals surface area contributed by atoms with Crippen molar-refractivity contribution in [2.24, 2.45) is 4.99 Å². The lowest BCUT2D eigenvalue weighted by Crippen LogP contribution is -2.54. The number of hydrogen-bond acceptors (Lipinski definition) is 6. The van der Waals surface area contributed by atoms with Crippen LogP contribution in [-0.2, 0) is 22.2 Å². The van der Waals surface area contributed by atoms with Crippen LogP contribution in [0.4, 0.5) is 0 Å². The molecule has 0 amide bonds. The van der Waals surface area contributed by atoms with Crippen molar-refractivity contribution >= 4 is 16.0 Å². The second-order valence-electron chi connectivity index (χ2n) is 6.67. The normalized spacial score (nSPS) is 16.1. The number of hydrogen-bond donors (Lipinski definition) is 1. The molecule has 1 aromatic carbocycles. The Hall–Kier alpha value is -2.59. The summed E-state index contributed by atoms with van der Waals surface area (Å²) in [5, 5.41) is 7.05. The summed E-state index contributed by atoms with van der Waals surface area (Å²) in [4.78, 5) is 6.42. The van der Waals surface area contributed by atoms with E-state index in [1.54, 1.807) is 20.2 Å². The van der Waals surface area contributed by atoms with E-state index in [1.165, 1.54) is 10.6 Å². The third kappa shape index (κ3) is 5.48. The monoisotopic (exact) mass is 421 g/mol. The summed E-state index contributed by atoms with van der Waals surface area (Å²) in [5.41, 5.74) is 1.54. The third-order valence-electron chi connectivity index (χ3n) is 4.83. The van der Waals surface area contributed by atoms with Gasteiger partial charge < -0.3 is 19.5 Å². The second-order valence-corrected chi connectivity index (χ2v) is 8.64. The van der Waals surface area contributed by atoms with Crippen LogP contribution in [0.2, 0.25) is 0 Å². The molecule has 1 aliphatic heterocycles. The van der Waals surface area contributed by atoms with Crippen LogP contribution in [0.5, 0.6) is 5.75 Å². The molecule has 0 unspecified atom stereocenters.